The van der Waals surface area contributed by atoms with Crippen molar-refractivity contribution in [2.75, 3.05) is 0 Å². The molecule has 6 heteroatoms. The average Bonchev–Trinajstić information content (AvgIpc) is 4.09. The van der Waals surface area contributed by atoms with E-state index in [0.29, 0.717) is 51.1 Å². The SMILES string of the molecule is [2H]c1cc([2H])c2c(c1[2H])c1c([2H])c([2H])cc([2H])c1n2-c1ccc(-c2cccc3c2oc2cccc(-c4nc(-c5ccccc5)nc(-c5ccccc5)n4)c23)cc1-c1cccc2c1oc1ccccc12. The summed E-state index contributed by atoms with van der Waals surface area (Å²) in [5.41, 5.74) is 9.25. The molecule has 0 amide bonds. The Bertz CT molecular complexity index is 4150. The van der Waals surface area contributed by atoms with Crippen LogP contribution in [0, 0.1) is 0 Å². The van der Waals surface area contributed by atoms with Gasteiger partial charge >= 0.3 is 0 Å². The van der Waals surface area contributed by atoms with E-state index in [2.05, 4.69) is 6.07 Å². The molecular weight excluding hydrogens is 773 g/mol. The Morgan fingerprint density at radius 1 is 0.381 bits per heavy atom. The molecule has 0 fully saturated rings. The highest BCUT2D eigenvalue weighted by atomic mass is 16.3. The van der Waals surface area contributed by atoms with Crippen LogP contribution < -0.4 is 0 Å². The second-order valence-corrected chi connectivity index (χ2v) is 15.4. The molecule has 13 rings (SSSR count). The maximum absolute atomic E-state index is 9.27. The predicted octanol–water partition coefficient (Wildman–Crippen LogP) is 15.1. The van der Waals surface area contributed by atoms with E-state index in [-0.39, 0.29) is 58.1 Å². The molecule has 0 aliphatic carbocycles. The van der Waals surface area contributed by atoms with E-state index in [1.54, 1.807) is 4.57 Å². The first-order valence-corrected chi connectivity index (χ1v) is 20.6. The van der Waals surface area contributed by atoms with Crippen LogP contribution in [-0.2, 0) is 0 Å². The molecule has 294 valence electrons. The van der Waals surface area contributed by atoms with Crippen molar-refractivity contribution in [3.8, 4) is 62.1 Å². The standard InChI is InChI=1S/C57H34N4O2/c1-3-16-35(17-4-1)55-58-56(36-18-5-2-6-19-36)60-57(59-55)45-27-15-31-51-52(45)44-26-13-23-38(53(44)63-51)37-32-33-49(61-47-28-10-7-20-39(47)40-21-8-11-29-48(40)61)46(34-37)43-25-14-24-42-41-22-9-12-30-50(41)62-54(42)43/h1-34H/i7D,8D,20D,21D,28D,29D. The van der Waals surface area contributed by atoms with E-state index in [9.17, 15) is 2.74 Å². The normalized spacial score (nSPS) is 13.1. The second-order valence-electron chi connectivity index (χ2n) is 15.4. The minimum Gasteiger partial charge on any atom is -0.455 e. The summed E-state index contributed by atoms with van der Waals surface area (Å²) < 4.78 is 69.2. The zero-order valence-corrected chi connectivity index (χ0v) is 33.3. The van der Waals surface area contributed by atoms with Crippen molar-refractivity contribution in [1.82, 2.24) is 19.5 Å². The number of hydrogen-bond acceptors (Lipinski definition) is 5. The number of hydrogen-bond donors (Lipinski definition) is 0. The maximum Gasteiger partial charge on any atom is 0.164 e. The van der Waals surface area contributed by atoms with Gasteiger partial charge in [0.15, 0.2) is 17.5 Å². The lowest BCUT2D eigenvalue weighted by Gasteiger charge is -2.16. The molecular formula is C57H34N4O2. The van der Waals surface area contributed by atoms with Crippen LogP contribution in [0.1, 0.15) is 8.22 Å². The Kier molecular flexibility index (Phi) is 6.56. The highest BCUT2D eigenvalue weighted by Gasteiger charge is 2.23. The molecule has 63 heavy (non-hydrogen) atoms. The Morgan fingerprint density at radius 2 is 0.937 bits per heavy atom. The van der Waals surface area contributed by atoms with Crippen molar-refractivity contribution in [2.45, 2.75) is 0 Å². The summed E-state index contributed by atoms with van der Waals surface area (Å²) in [6, 6.07) is 53.3. The van der Waals surface area contributed by atoms with Crippen LogP contribution in [0.5, 0.6) is 0 Å². The van der Waals surface area contributed by atoms with E-state index < -0.39 is 0 Å². The van der Waals surface area contributed by atoms with Gasteiger partial charge in [-0.05, 0) is 41.9 Å². The summed E-state index contributed by atoms with van der Waals surface area (Å²) in [5.74, 6) is 1.60. The van der Waals surface area contributed by atoms with Gasteiger partial charge in [0.2, 0.25) is 0 Å². The van der Waals surface area contributed by atoms with Gasteiger partial charge in [-0.3, -0.25) is 0 Å². The fourth-order valence-electron chi connectivity index (χ4n) is 9.02. The number of furan rings is 2. The van der Waals surface area contributed by atoms with Crippen molar-refractivity contribution in [3.63, 3.8) is 0 Å². The first-order chi connectivity index (χ1) is 33.7. The molecule has 4 heterocycles. The minimum absolute atomic E-state index is 0.0442. The summed E-state index contributed by atoms with van der Waals surface area (Å²) in [4.78, 5) is 15.1. The molecule has 0 saturated carbocycles. The molecule has 0 spiro atoms. The lowest BCUT2D eigenvalue weighted by Crippen LogP contribution is -2.00. The topological polar surface area (TPSA) is 69.9 Å². The molecule has 0 saturated heterocycles. The van der Waals surface area contributed by atoms with Gasteiger partial charge in [-0.1, -0.05) is 170 Å². The highest BCUT2D eigenvalue weighted by molar-refractivity contribution is 6.16. The summed E-state index contributed by atoms with van der Waals surface area (Å²) in [5, 5.41) is 3.91. The third kappa shape index (κ3) is 5.55. The maximum atomic E-state index is 9.27. The van der Waals surface area contributed by atoms with E-state index in [0.717, 1.165) is 54.9 Å². The number of nitrogens with zero attached hydrogens (tertiary/aromatic N) is 4. The van der Waals surface area contributed by atoms with Crippen LogP contribution >= 0.6 is 0 Å². The first kappa shape index (κ1) is 29.6. The Balaban J connectivity index is 1.08. The van der Waals surface area contributed by atoms with E-state index in [1.165, 1.54) is 12.1 Å². The minimum atomic E-state index is -0.179. The first-order valence-electron chi connectivity index (χ1n) is 23.6. The number of benzene rings is 9. The molecule has 0 N–H and O–H groups in total. The summed E-state index contributed by atoms with van der Waals surface area (Å²) in [6.45, 7) is 0. The third-order valence-electron chi connectivity index (χ3n) is 11.8. The second kappa shape index (κ2) is 14.0. The van der Waals surface area contributed by atoms with Gasteiger partial charge in [0, 0.05) is 65.7 Å². The van der Waals surface area contributed by atoms with Gasteiger partial charge in [0.25, 0.3) is 0 Å². The van der Waals surface area contributed by atoms with Gasteiger partial charge in [-0.2, -0.15) is 0 Å². The van der Waals surface area contributed by atoms with Gasteiger partial charge in [-0.25, -0.2) is 15.0 Å². The van der Waals surface area contributed by atoms with Gasteiger partial charge < -0.3 is 13.4 Å². The molecule has 0 radical (unpaired) electrons. The highest BCUT2D eigenvalue weighted by Crippen LogP contribution is 2.45. The quantitative estimate of drug-likeness (QED) is 0.167. The molecule has 0 bridgehead atoms. The van der Waals surface area contributed by atoms with Crippen LogP contribution in [0.4, 0.5) is 0 Å². The third-order valence-corrected chi connectivity index (χ3v) is 11.8. The summed E-state index contributed by atoms with van der Waals surface area (Å²) in [7, 11) is 0. The molecule has 6 nitrogen and oxygen atoms in total. The lowest BCUT2D eigenvalue weighted by atomic mass is 9.94. The number of rotatable bonds is 6. The van der Waals surface area contributed by atoms with Crippen molar-refractivity contribution in [1.29, 1.82) is 0 Å². The fourth-order valence-corrected chi connectivity index (χ4v) is 9.02. The average molecular weight is 813 g/mol. The molecule has 0 unspecified atom stereocenters. The summed E-state index contributed by atoms with van der Waals surface area (Å²) >= 11 is 0. The molecule has 0 atom stereocenters. The van der Waals surface area contributed by atoms with Gasteiger partial charge in [-0.15, -0.1) is 0 Å². The Morgan fingerprint density at radius 3 is 1.67 bits per heavy atom. The zero-order chi connectivity index (χ0) is 46.7. The van der Waals surface area contributed by atoms with Crippen LogP contribution in [0.25, 0.3) is 128 Å². The molecule has 9 aromatic carbocycles. The van der Waals surface area contributed by atoms with E-state index in [1.807, 2.05) is 152 Å². The number of para-hydroxylation sites is 5. The van der Waals surface area contributed by atoms with Gasteiger partial charge in [0.1, 0.15) is 22.3 Å². The number of fused-ring (bicyclic) bond motifs is 9. The van der Waals surface area contributed by atoms with E-state index in [4.69, 9.17) is 29.3 Å². The Hall–Kier alpha value is -8.61. The Labute approximate surface area is 369 Å². The molecule has 0 aliphatic heterocycles. The largest absolute Gasteiger partial charge is 0.455 e. The van der Waals surface area contributed by atoms with Crippen molar-refractivity contribution < 1.29 is 17.1 Å². The van der Waals surface area contributed by atoms with Gasteiger partial charge in [0.05, 0.1) is 24.9 Å². The van der Waals surface area contributed by atoms with Crippen LogP contribution in [0.15, 0.2) is 215 Å². The van der Waals surface area contributed by atoms with Crippen LogP contribution in [0.2, 0.25) is 0 Å². The lowest BCUT2D eigenvalue weighted by molar-refractivity contribution is 0.670. The monoisotopic (exact) mass is 812 g/mol. The smallest absolute Gasteiger partial charge is 0.164 e. The zero-order valence-electron chi connectivity index (χ0n) is 39.3. The van der Waals surface area contributed by atoms with Crippen LogP contribution in [-0.4, -0.2) is 19.5 Å². The van der Waals surface area contributed by atoms with Crippen molar-refractivity contribution >= 4 is 65.7 Å². The van der Waals surface area contributed by atoms with E-state index >= 15 is 0 Å². The number of aromatic nitrogens is 4. The molecule has 4 aromatic heterocycles. The van der Waals surface area contributed by atoms with Crippen LogP contribution in [0.3, 0.4) is 0 Å². The van der Waals surface area contributed by atoms with Crippen molar-refractivity contribution in [3.05, 3.63) is 206 Å². The molecule has 13 aromatic rings. The van der Waals surface area contributed by atoms with Crippen molar-refractivity contribution in [2.24, 2.45) is 0 Å². The predicted molar refractivity (Wildman–Crippen MR) is 256 cm³/mol. The summed E-state index contributed by atoms with van der Waals surface area (Å²) in [6.07, 6.45) is 0. The fraction of sp³-hybridized carbons (Fsp3) is 0. The molecule has 0 aliphatic rings.